The van der Waals surface area contributed by atoms with Crippen LogP contribution >= 0.6 is 70.6 Å². The van der Waals surface area contributed by atoms with E-state index in [1.165, 1.54) is 0 Å². The number of halogens is 9. The van der Waals surface area contributed by atoms with Crippen molar-refractivity contribution in [1.29, 1.82) is 0 Å². The van der Waals surface area contributed by atoms with Crippen molar-refractivity contribution >= 4 is 88.3 Å². The molecule has 0 saturated carbocycles. The molecule has 77 heavy (non-hydrogen) atoms. The lowest BCUT2D eigenvalue weighted by Crippen LogP contribution is -2.27. The molecule has 0 radical (unpaired) electrons. The van der Waals surface area contributed by atoms with Crippen molar-refractivity contribution in [2.75, 3.05) is 19.6 Å². The van der Waals surface area contributed by atoms with Crippen LogP contribution in [0.4, 0.5) is 26.3 Å². The average molecular weight is 1320 g/mol. The van der Waals surface area contributed by atoms with Gasteiger partial charge in [0.15, 0.2) is 0 Å². The van der Waals surface area contributed by atoms with E-state index in [4.69, 9.17) is 0 Å². The topological polar surface area (TPSA) is 197 Å². The summed E-state index contributed by atoms with van der Waals surface area (Å²) in [4.78, 5) is 59.3. The normalized spacial score (nSPS) is 14.4. The average Bonchev–Trinajstić information content (AvgIpc) is 3.41. The third-order valence-electron chi connectivity index (χ3n) is 11.7. The largest absolute Gasteiger partial charge is 0.419 e. The standard InChI is InChI=1S/C52H49Br3F6N3O10P3/c53-44-30-38(25-28-63-48(66)33-36-12-6-2-7-13-36)16-20-41(44)50(56,57)75(68,69)73-77(72,52(60,61)43-22-18-40(32-46(43)55)24-27-62-47(65)23-19-35-10-4-1-5-11-35)74-76(70,71)51(58,59)42-21-17-39(31-45(42)54)26-29-64-49(67)34-37-14-8-3-9-15-37/h1-18,20-22,30-32H,19,23-29,33-34H2,(H,62,65)(H,63,66)(H,64,67)(H,68,69)(H,70,71). The number of rotatable bonds is 26. The summed E-state index contributed by atoms with van der Waals surface area (Å²) in [5, 5.41) is 7.99. The van der Waals surface area contributed by atoms with Crippen LogP contribution in [0.5, 0.6) is 0 Å². The molecule has 25 heteroatoms. The fourth-order valence-electron chi connectivity index (χ4n) is 7.55. The zero-order valence-corrected chi connectivity index (χ0v) is 47.8. The predicted molar refractivity (Wildman–Crippen MR) is 289 cm³/mol. The van der Waals surface area contributed by atoms with E-state index in [2.05, 4.69) is 72.4 Å². The van der Waals surface area contributed by atoms with Crippen LogP contribution in [0.3, 0.4) is 0 Å². The van der Waals surface area contributed by atoms with Gasteiger partial charge in [-0.05, 0) is 77.3 Å². The van der Waals surface area contributed by atoms with Crippen LogP contribution in [0.2, 0.25) is 0 Å². The molecule has 0 aliphatic rings. The quantitative estimate of drug-likeness (QED) is 0.0257. The summed E-state index contributed by atoms with van der Waals surface area (Å²) in [6.07, 6.45) is 0.702. The third kappa shape index (κ3) is 16.0. The Morgan fingerprint density at radius 3 is 1.08 bits per heavy atom. The summed E-state index contributed by atoms with van der Waals surface area (Å²) in [6, 6.07) is 34.4. The highest BCUT2D eigenvalue weighted by Crippen LogP contribution is 2.84. The van der Waals surface area contributed by atoms with Crippen LogP contribution in [-0.2, 0) is 92.2 Å². The van der Waals surface area contributed by atoms with Crippen molar-refractivity contribution in [3.05, 3.63) is 209 Å². The van der Waals surface area contributed by atoms with Crippen LogP contribution in [0, 0.1) is 0 Å². The summed E-state index contributed by atoms with van der Waals surface area (Å²) in [6.45, 7) is 0.0000508. The highest BCUT2D eigenvalue weighted by atomic mass is 79.9. The Kier molecular flexibility index (Phi) is 21.2. The highest BCUT2D eigenvalue weighted by molar-refractivity contribution is 9.11. The predicted octanol–water partition coefficient (Wildman–Crippen LogP) is 13.2. The molecule has 0 saturated heterocycles. The summed E-state index contributed by atoms with van der Waals surface area (Å²) in [7, 11) is -22.1. The van der Waals surface area contributed by atoms with Gasteiger partial charge in [0.2, 0.25) is 17.7 Å². The summed E-state index contributed by atoms with van der Waals surface area (Å²) in [5.74, 6) is -1.06. The van der Waals surface area contributed by atoms with Crippen molar-refractivity contribution in [3.8, 4) is 0 Å². The lowest BCUT2D eigenvalue weighted by atomic mass is 10.1. The number of amides is 3. The van der Waals surface area contributed by atoms with Gasteiger partial charge < -0.3 is 25.7 Å². The molecular formula is C52H49Br3F6N3O10P3. The van der Waals surface area contributed by atoms with Crippen LogP contribution in [-0.4, -0.2) is 47.1 Å². The first kappa shape index (κ1) is 61.5. The molecule has 5 N–H and O–H groups in total. The molecule has 410 valence electrons. The van der Waals surface area contributed by atoms with Crippen molar-refractivity contribution in [1.82, 2.24) is 16.0 Å². The van der Waals surface area contributed by atoms with E-state index in [9.17, 15) is 37.9 Å². The van der Waals surface area contributed by atoms with E-state index in [0.29, 0.717) is 24.6 Å². The minimum Gasteiger partial charge on any atom is -0.356 e. The van der Waals surface area contributed by atoms with Gasteiger partial charge in [0, 0.05) is 56.2 Å². The second-order valence-corrected chi connectivity index (χ2v) is 26.0. The number of carbonyl (C=O) groups is 3. The SMILES string of the molecule is O=C(CCc1ccccc1)NCCc1ccc(C(F)(F)P(=O)(OP(=O)(O)C(F)(F)c2ccc(CCNC(=O)Cc3ccccc3)cc2Br)OP(=O)(O)C(F)(F)c2ccc(CCNC(=O)Cc3ccccc3)cc2Br)c(Br)c1. The van der Waals surface area contributed by atoms with E-state index < -0.39 is 69.9 Å². The third-order valence-corrected chi connectivity index (χ3v) is 20.0. The van der Waals surface area contributed by atoms with E-state index in [1.54, 1.807) is 60.7 Å². The molecule has 3 amide bonds. The van der Waals surface area contributed by atoms with E-state index >= 15 is 26.3 Å². The molecule has 0 aliphatic carbocycles. The van der Waals surface area contributed by atoms with Crippen molar-refractivity contribution < 1.29 is 72.8 Å². The zero-order valence-electron chi connectivity index (χ0n) is 40.3. The van der Waals surface area contributed by atoms with Crippen LogP contribution in [0.1, 0.15) is 56.5 Å². The number of benzene rings is 6. The Morgan fingerprint density at radius 2 is 0.740 bits per heavy atom. The lowest BCUT2D eigenvalue weighted by molar-refractivity contribution is -0.121. The van der Waals surface area contributed by atoms with Crippen LogP contribution in [0.25, 0.3) is 0 Å². The maximum atomic E-state index is 17.0. The van der Waals surface area contributed by atoms with Gasteiger partial charge in [-0.2, -0.15) is 26.3 Å². The first-order valence-electron chi connectivity index (χ1n) is 23.4. The Morgan fingerprint density at radius 1 is 0.429 bits per heavy atom. The number of aryl methyl sites for hydroxylation is 1. The van der Waals surface area contributed by atoms with Gasteiger partial charge in [0.25, 0.3) is 0 Å². The molecule has 0 aromatic heterocycles. The first-order chi connectivity index (χ1) is 36.2. The Hall–Kier alpha value is -4.72. The molecule has 13 nitrogen and oxygen atoms in total. The minimum absolute atomic E-state index is 0.00452. The summed E-state index contributed by atoms with van der Waals surface area (Å²) < 4.78 is 149. The number of carbonyl (C=O) groups excluding carboxylic acids is 3. The first-order valence-corrected chi connectivity index (χ1v) is 30.4. The Labute approximate surface area is 464 Å². The second-order valence-electron chi connectivity index (χ2n) is 17.4. The molecule has 6 rings (SSSR count). The second kappa shape index (κ2) is 26.5. The van der Waals surface area contributed by atoms with Crippen molar-refractivity contribution in [3.63, 3.8) is 0 Å². The van der Waals surface area contributed by atoms with Crippen molar-refractivity contribution in [2.45, 2.75) is 61.9 Å². The molecule has 6 aromatic rings. The van der Waals surface area contributed by atoms with Gasteiger partial charge in [-0.1, -0.05) is 175 Å². The fraction of sp³-hybridized carbons (Fsp3) is 0.250. The van der Waals surface area contributed by atoms with Gasteiger partial charge in [0.05, 0.1) is 12.8 Å². The number of nitrogens with one attached hydrogen (secondary N) is 3. The molecule has 0 aliphatic heterocycles. The molecule has 2 unspecified atom stereocenters. The zero-order chi connectivity index (χ0) is 56.2. The van der Waals surface area contributed by atoms with Crippen molar-refractivity contribution in [2.24, 2.45) is 0 Å². The molecule has 0 fully saturated rings. The highest BCUT2D eigenvalue weighted by Gasteiger charge is 2.69. The minimum atomic E-state index is -7.60. The Bertz CT molecular complexity index is 3060. The van der Waals surface area contributed by atoms with Gasteiger partial charge >= 0.3 is 39.8 Å². The maximum absolute atomic E-state index is 17.0. The Balaban J connectivity index is 1.24. The van der Waals surface area contributed by atoms with Gasteiger partial charge in [-0.15, -0.1) is 0 Å². The van der Waals surface area contributed by atoms with Gasteiger partial charge in [0.1, 0.15) is 0 Å². The fourth-order valence-corrected chi connectivity index (χ4v) is 15.9. The molecule has 0 spiro atoms. The molecule has 2 atom stereocenters. The smallest absolute Gasteiger partial charge is 0.356 e. The molecule has 0 heterocycles. The van der Waals surface area contributed by atoms with E-state index in [-0.39, 0.29) is 92.6 Å². The monoisotopic (exact) mass is 1320 g/mol. The van der Waals surface area contributed by atoms with E-state index in [0.717, 1.165) is 53.1 Å². The molecule has 0 bridgehead atoms. The maximum Gasteiger partial charge on any atom is 0.419 e. The molecular weight excluding hydrogens is 1270 g/mol. The summed E-state index contributed by atoms with van der Waals surface area (Å²) in [5.41, 5.74) is -17.4. The van der Waals surface area contributed by atoms with E-state index in [1.807, 2.05) is 30.3 Å². The lowest BCUT2D eigenvalue weighted by Gasteiger charge is -2.33. The van der Waals surface area contributed by atoms with Crippen LogP contribution < -0.4 is 16.0 Å². The van der Waals surface area contributed by atoms with Gasteiger partial charge in [-0.25, -0.2) is 8.62 Å². The number of hydrogen-bond donors (Lipinski definition) is 5. The number of alkyl halides is 6. The number of hydrogen-bond acceptors (Lipinski definition) is 8. The van der Waals surface area contributed by atoms with Crippen LogP contribution in [0.15, 0.2) is 159 Å². The molecule has 6 aromatic carbocycles. The summed E-state index contributed by atoms with van der Waals surface area (Å²) >= 11 is 8.58. The van der Waals surface area contributed by atoms with Gasteiger partial charge in [-0.3, -0.25) is 28.1 Å².